The van der Waals surface area contributed by atoms with Crippen LogP contribution in [0.2, 0.25) is 10.0 Å². The van der Waals surface area contributed by atoms with Crippen LogP contribution in [0.5, 0.6) is 5.75 Å². The van der Waals surface area contributed by atoms with E-state index in [1.165, 1.54) is 6.07 Å². The molecular formula is C10H11Cl2N3O4. The summed E-state index contributed by atoms with van der Waals surface area (Å²) in [6.45, 7) is 0.162. The Hall–Kier alpha value is -1.73. The van der Waals surface area contributed by atoms with Gasteiger partial charge in [0.1, 0.15) is 5.84 Å². The van der Waals surface area contributed by atoms with Gasteiger partial charge >= 0.3 is 5.69 Å². The summed E-state index contributed by atoms with van der Waals surface area (Å²) in [5, 5.41) is 22.2. The van der Waals surface area contributed by atoms with Crippen LogP contribution in [0.15, 0.2) is 17.3 Å². The molecule has 0 saturated carbocycles. The van der Waals surface area contributed by atoms with Gasteiger partial charge in [0.2, 0.25) is 0 Å². The van der Waals surface area contributed by atoms with E-state index >= 15 is 0 Å². The maximum absolute atomic E-state index is 10.8. The summed E-state index contributed by atoms with van der Waals surface area (Å²) in [6, 6.07) is 2.41. The molecule has 9 heteroatoms. The highest BCUT2D eigenvalue weighted by Gasteiger charge is 2.18. The number of hydrogen-bond acceptors (Lipinski definition) is 5. The number of hydrogen-bond donors (Lipinski definition) is 2. The summed E-state index contributed by atoms with van der Waals surface area (Å²) in [7, 11) is 0. The molecule has 7 nitrogen and oxygen atoms in total. The fraction of sp³-hybridized carbons (Fsp3) is 0.300. The first-order valence-corrected chi connectivity index (χ1v) is 5.94. The van der Waals surface area contributed by atoms with Gasteiger partial charge in [-0.1, -0.05) is 28.4 Å². The minimum Gasteiger partial charge on any atom is -0.487 e. The standard InChI is InChI=1S/C10H11Cl2N3O4/c11-6-4-8(15(17)18)9(5-7(6)12)19-3-1-2-10(13)14-16/h4-5,16H,1-3H2,(H2,13,14). The predicted octanol–water partition coefficient (Wildman–Crippen LogP) is 2.81. The van der Waals surface area contributed by atoms with Crippen molar-refractivity contribution in [2.45, 2.75) is 12.8 Å². The first-order valence-electron chi connectivity index (χ1n) is 5.18. The molecule has 3 N–H and O–H groups in total. The third-order valence-electron chi connectivity index (χ3n) is 2.16. The molecule has 0 unspecified atom stereocenters. The number of ether oxygens (including phenoxy) is 1. The molecule has 0 radical (unpaired) electrons. The van der Waals surface area contributed by atoms with Gasteiger partial charge in [0.15, 0.2) is 5.75 Å². The number of rotatable bonds is 6. The van der Waals surface area contributed by atoms with Crippen molar-refractivity contribution in [1.29, 1.82) is 0 Å². The number of nitro groups is 1. The Morgan fingerprint density at radius 2 is 2.11 bits per heavy atom. The van der Waals surface area contributed by atoms with E-state index in [0.29, 0.717) is 12.8 Å². The van der Waals surface area contributed by atoms with Crippen molar-refractivity contribution in [2.75, 3.05) is 6.61 Å². The molecule has 1 aromatic rings. The highest BCUT2D eigenvalue weighted by molar-refractivity contribution is 6.42. The van der Waals surface area contributed by atoms with E-state index in [-0.39, 0.29) is 33.9 Å². The number of halogens is 2. The zero-order chi connectivity index (χ0) is 14.4. The van der Waals surface area contributed by atoms with Crippen molar-refractivity contribution in [3.05, 3.63) is 32.3 Å². The lowest BCUT2D eigenvalue weighted by Crippen LogP contribution is -2.13. The Morgan fingerprint density at radius 3 is 2.68 bits per heavy atom. The van der Waals surface area contributed by atoms with E-state index in [2.05, 4.69) is 5.16 Å². The smallest absolute Gasteiger partial charge is 0.312 e. The average Bonchev–Trinajstić information content (AvgIpc) is 2.37. The second-order valence-corrected chi connectivity index (χ2v) is 4.35. The molecule has 0 atom stereocenters. The minimum atomic E-state index is -0.610. The maximum atomic E-state index is 10.8. The molecule has 0 spiro atoms. The third kappa shape index (κ3) is 4.46. The SMILES string of the molecule is N/C(CCCOc1cc(Cl)c(Cl)cc1[N+](=O)[O-])=N/O. The van der Waals surface area contributed by atoms with Gasteiger partial charge in [-0.3, -0.25) is 10.1 Å². The van der Waals surface area contributed by atoms with Gasteiger partial charge in [0.25, 0.3) is 0 Å². The molecule has 0 aliphatic rings. The fourth-order valence-corrected chi connectivity index (χ4v) is 1.57. The van der Waals surface area contributed by atoms with Crippen molar-refractivity contribution >= 4 is 34.7 Å². The summed E-state index contributed by atoms with van der Waals surface area (Å²) in [4.78, 5) is 10.2. The average molecular weight is 308 g/mol. The molecule has 0 aliphatic carbocycles. The number of oxime groups is 1. The Kier molecular flexibility index (Phi) is 5.65. The normalized spacial score (nSPS) is 11.4. The van der Waals surface area contributed by atoms with Crippen LogP contribution in [0.25, 0.3) is 0 Å². The van der Waals surface area contributed by atoms with Crippen LogP contribution in [0, 0.1) is 10.1 Å². The van der Waals surface area contributed by atoms with Crippen molar-refractivity contribution in [3.8, 4) is 5.75 Å². The molecule has 1 rings (SSSR count). The van der Waals surface area contributed by atoms with Crippen molar-refractivity contribution in [2.24, 2.45) is 10.9 Å². The topological polar surface area (TPSA) is 111 Å². The second-order valence-electron chi connectivity index (χ2n) is 3.53. The molecule has 0 aromatic heterocycles. The fourth-order valence-electron chi connectivity index (χ4n) is 1.26. The summed E-state index contributed by atoms with van der Waals surface area (Å²) < 4.78 is 5.25. The van der Waals surface area contributed by atoms with Gasteiger partial charge in [-0.05, 0) is 6.42 Å². The molecule has 0 amide bonds. The number of benzene rings is 1. The van der Waals surface area contributed by atoms with Crippen molar-refractivity contribution in [3.63, 3.8) is 0 Å². The summed E-state index contributed by atoms with van der Waals surface area (Å²) >= 11 is 11.5. The summed E-state index contributed by atoms with van der Waals surface area (Å²) in [5.74, 6) is 0.0890. The molecule has 0 heterocycles. The molecule has 0 saturated heterocycles. The quantitative estimate of drug-likeness (QED) is 0.210. The van der Waals surface area contributed by atoms with Crippen LogP contribution in [-0.2, 0) is 0 Å². The van der Waals surface area contributed by atoms with Gasteiger partial charge in [0.05, 0.1) is 21.6 Å². The lowest BCUT2D eigenvalue weighted by molar-refractivity contribution is -0.385. The molecule has 0 bridgehead atoms. The number of nitro benzene ring substituents is 1. The van der Waals surface area contributed by atoms with E-state index in [1.807, 2.05) is 0 Å². The van der Waals surface area contributed by atoms with E-state index < -0.39 is 4.92 Å². The van der Waals surface area contributed by atoms with E-state index in [1.54, 1.807) is 0 Å². The lowest BCUT2D eigenvalue weighted by atomic mass is 10.3. The Labute approximate surface area is 118 Å². The highest BCUT2D eigenvalue weighted by Crippen LogP contribution is 2.35. The molecule has 19 heavy (non-hydrogen) atoms. The van der Waals surface area contributed by atoms with E-state index in [0.717, 1.165) is 6.07 Å². The molecular weight excluding hydrogens is 297 g/mol. The van der Waals surface area contributed by atoms with Crippen LogP contribution in [0.4, 0.5) is 5.69 Å². The molecule has 0 fully saturated rings. The highest BCUT2D eigenvalue weighted by atomic mass is 35.5. The Balaban J connectivity index is 2.72. The number of nitrogens with two attached hydrogens (primary N) is 1. The summed E-state index contributed by atoms with van der Waals surface area (Å²) in [6.07, 6.45) is 0.749. The number of nitrogens with zero attached hydrogens (tertiary/aromatic N) is 2. The summed E-state index contributed by atoms with van der Waals surface area (Å²) in [5.41, 5.74) is 5.01. The maximum Gasteiger partial charge on any atom is 0.312 e. The monoisotopic (exact) mass is 307 g/mol. The van der Waals surface area contributed by atoms with E-state index in [4.69, 9.17) is 38.9 Å². The predicted molar refractivity (Wildman–Crippen MR) is 71.3 cm³/mol. The molecule has 104 valence electrons. The third-order valence-corrected chi connectivity index (χ3v) is 2.88. The Morgan fingerprint density at radius 1 is 1.47 bits per heavy atom. The zero-order valence-corrected chi connectivity index (χ0v) is 11.2. The van der Waals surface area contributed by atoms with Crippen LogP contribution in [0.1, 0.15) is 12.8 Å². The lowest BCUT2D eigenvalue weighted by Gasteiger charge is -2.07. The minimum absolute atomic E-state index is 0.0268. The molecule has 0 aliphatic heterocycles. The van der Waals surface area contributed by atoms with Gasteiger partial charge in [-0.15, -0.1) is 0 Å². The van der Waals surface area contributed by atoms with Gasteiger partial charge in [-0.25, -0.2) is 0 Å². The Bertz CT molecular complexity index is 508. The molecule has 1 aromatic carbocycles. The largest absolute Gasteiger partial charge is 0.487 e. The first kappa shape index (κ1) is 15.3. The van der Waals surface area contributed by atoms with Crippen LogP contribution in [0.3, 0.4) is 0 Å². The van der Waals surface area contributed by atoms with Crippen LogP contribution < -0.4 is 10.5 Å². The van der Waals surface area contributed by atoms with Gasteiger partial charge in [-0.2, -0.15) is 0 Å². The zero-order valence-electron chi connectivity index (χ0n) is 9.68. The van der Waals surface area contributed by atoms with Crippen LogP contribution in [-0.4, -0.2) is 22.6 Å². The second kappa shape index (κ2) is 7.01. The van der Waals surface area contributed by atoms with E-state index in [9.17, 15) is 10.1 Å². The van der Waals surface area contributed by atoms with Crippen molar-refractivity contribution < 1.29 is 14.9 Å². The number of amidine groups is 1. The van der Waals surface area contributed by atoms with Crippen LogP contribution >= 0.6 is 23.2 Å². The van der Waals surface area contributed by atoms with Gasteiger partial charge < -0.3 is 15.7 Å². The van der Waals surface area contributed by atoms with Crippen molar-refractivity contribution in [1.82, 2.24) is 0 Å². The van der Waals surface area contributed by atoms with Gasteiger partial charge in [0, 0.05) is 18.6 Å². The first-order chi connectivity index (χ1) is 8.95.